The minimum atomic E-state index is -0.915. The second-order valence-electron chi connectivity index (χ2n) is 31.2. The molecule has 0 aliphatic heterocycles. The van der Waals surface area contributed by atoms with E-state index in [4.69, 9.17) is 5.73 Å². The summed E-state index contributed by atoms with van der Waals surface area (Å²) in [6.45, 7) is 7.23. The molecule has 0 spiro atoms. The molecule has 0 heterocycles. The van der Waals surface area contributed by atoms with Gasteiger partial charge >= 0.3 is 5.97 Å². The third-order valence-electron chi connectivity index (χ3n) is 25.0. The van der Waals surface area contributed by atoms with Crippen molar-refractivity contribution >= 4 is 50.1 Å². The van der Waals surface area contributed by atoms with E-state index in [1.165, 1.54) is 160 Å². The predicted octanol–water partition coefficient (Wildman–Crippen LogP) is 19.8. The van der Waals surface area contributed by atoms with Crippen LogP contribution in [0.25, 0.3) is 65.7 Å². The summed E-state index contributed by atoms with van der Waals surface area (Å²) in [7, 11) is 0. The number of nitrogens with one attached hydrogen (secondary N) is 1. The van der Waals surface area contributed by atoms with Crippen LogP contribution < -0.4 is 11.1 Å². The first kappa shape index (κ1) is 59.0. The number of aromatic carboxylic acids is 1. The zero-order valence-electron chi connectivity index (χ0n) is 53.9. The highest BCUT2D eigenvalue weighted by atomic mass is 16.4. The van der Waals surface area contributed by atoms with Crippen LogP contribution in [0.4, 0.5) is 0 Å². The number of aromatic hydroxyl groups is 1. The molecule has 92 heavy (non-hydrogen) atoms. The van der Waals surface area contributed by atoms with E-state index < -0.39 is 5.97 Å². The Balaban J connectivity index is 0.000000110. The Bertz CT molecular complexity index is 4350. The molecule has 0 radical (unpaired) electrons. The van der Waals surface area contributed by atoms with Crippen molar-refractivity contribution in [2.45, 2.75) is 153 Å². The van der Waals surface area contributed by atoms with Gasteiger partial charge in [0.05, 0.1) is 5.56 Å². The van der Waals surface area contributed by atoms with E-state index in [2.05, 4.69) is 116 Å². The molecule has 21 rings (SSSR count). The molecule has 7 nitrogen and oxygen atoms in total. The number of benzene rings is 9. The summed E-state index contributed by atoms with van der Waals surface area (Å²) < 4.78 is 0. The number of hydrogen-bond donors (Lipinski definition) is 4. The van der Waals surface area contributed by atoms with Crippen LogP contribution in [0.15, 0.2) is 164 Å². The number of nitrogens with two attached hydrogens (primary N) is 1. The van der Waals surface area contributed by atoms with Gasteiger partial charge in [-0.3, -0.25) is 9.59 Å². The second kappa shape index (κ2) is 22.9. The van der Waals surface area contributed by atoms with Crippen molar-refractivity contribution in [3.8, 4) is 39.1 Å². The molecule has 12 bridgehead atoms. The number of aryl methyl sites for hydroxylation is 2. The number of hydrogen-bond acceptors (Lipinski definition) is 4. The topological polar surface area (TPSA) is 130 Å². The van der Waals surface area contributed by atoms with Crippen LogP contribution >= 0.6 is 0 Å². The Morgan fingerprint density at radius 1 is 0.402 bits per heavy atom. The summed E-state index contributed by atoms with van der Waals surface area (Å²) in [5, 5.41) is 29.2. The summed E-state index contributed by atoms with van der Waals surface area (Å²) in [4.78, 5) is 34.9. The highest BCUT2D eigenvalue weighted by Gasteiger charge is 2.54. The van der Waals surface area contributed by atoms with Crippen molar-refractivity contribution in [1.29, 1.82) is 0 Å². The number of rotatable bonds is 10. The van der Waals surface area contributed by atoms with Gasteiger partial charge in [0.25, 0.3) is 5.91 Å². The maximum Gasteiger partial charge on any atom is 0.335 e. The molecule has 0 saturated heterocycles. The van der Waals surface area contributed by atoms with Crippen molar-refractivity contribution < 1.29 is 24.6 Å². The number of carbonyl (C=O) groups excluding carboxylic acids is 2. The molecule has 7 heteroatoms. The number of fused-ring (bicyclic) bond motifs is 3. The number of carboxylic acids is 1. The number of amides is 2. The molecule has 12 aliphatic carbocycles. The van der Waals surface area contributed by atoms with Gasteiger partial charge in [-0.25, -0.2) is 4.79 Å². The fraction of sp³-hybridized carbons (Fsp3) is 0.400. The molecule has 12 saturated carbocycles. The van der Waals surface area contributed by atoms with Gasteiger partial charge in [0.1, 0.15) is 5.75 Å². The molecule has 5 N–H and O–H groups in total. The molecule has 9 aromatic rings. The Morgan fingerprint density at radius 2 is 0.739 bits per heavy atom. The van der Waals surface area contributed by atoms with Crippen molar-refractivity contribution in [1.82, 2.24) is 5.32 Å². The first-order valence-electron chi connectivity index (χ1n) is 35.0. The third-order valence-corrected chi connectivity index (χ3v) is 25.0. The first-order chi connectivity index (χ1) is 44.5. The molecule has 0 aromatic heterocycles. The van der Waals surface area contributed by atoms with Gasteiger partial charge in [-0.05, 0) is 361 Å². The summed E-state index contributed by atoms with van der Waals surface area (Å²) >= 11 is 0. The number of phenolic OH excluding ortho intramolecular Hbond substituents is 1. The van der Waals surface area contributed by atoms with Gasteiger partial charge < -0.3 is 21.3 Å². The van der Waals surface area contributed by atoms with Crippen LogP contribution in [-0.4, -0.2) is 34.5 Å². The lowest BCUT2D eigenvalue weighted by Crippen LogP contribution is -2.48. The maximum atomic E-state index is 12.2. The lowest BCUT2D eigenvalue weighted by Gasteiger charge is -2.57. The Kier molecular flexibility index (Phi) is 14.7. The van der Waals surface area contributed by atoms with Crippen molar-refractivity contribution in [3.05, 3.63) is 208 Å². The summed E-state index contributed by atoms with van der Waals surface area (Å²) in [5.41, 5.74) is 22.8. The average molecular weight is 1220 g/mol. The van der Waals surface area contributed by atoms with E-state index in [1.807, 2.05) is 61.5 Å². The van der Waals surface area contributed by atoms with Gasteiger partial charge in [0, 0.05) is 23.2 Å². The van der Waals surface area contributed by atoms with Gasteiger partial charge in [0.15, 0.2) is 0 Å². The monoisotopic (exact) mass is 1220 g/mol. The van der Waals surface area contributed by atoms with E-state index in [0.717, 1.165) is 96.9 Å². The van der Waals surface area contributed by atoms with Crippen molar-refractivity contribution in [2.24, 2.45) is 59.0 Å². The summed E-state index contributed by atoms with van der Waals surface area (Å²) in [5.74, 6) is 7.44. The number of phenols is 1. The zero-order valence-corrected chi connectivity index (χ0v) is 53.9. The molecule has 9 aromatic carbocycles. The molecular weight excluding hydrogens is 1130 g/mol. The standard InChI is InChI=1S/C30H33NO.C28H29NO.C27H26O3/c1-3-31-29(32)27-9-8-23-13-24(6-7-25(23)14-27)26-5-4-19(2)28(15-26)30-16-20-10-21(17-30)12-22(11-20)18-30;1-17-2-3-24(22-4-5-23-12-25(27(29)30)7-6-21(23)11-22)13-26(17)28-14-18-8-19(15-28)10-20(9-18)16-28;28-25-6-5-23(27-13-16-7-17(14-27)9-18(8-16)15-27)12-24(25)21-3-1-20-11-22(26(29)30)4-2-19(20)10-21/h4-9,13-15,20-22H,3,10-12,16-18H2,1-2H3,(H,31,32);2-7,11-13,18-20H,8-10,14-16H2,1H3,(H2,29,30);1-6,10-12,16-18,28H,7-9,13-15H2,(H,29,30). The molecule has 468 valence electrons. The van der Waals surface area contributed by atoms with Crippen LogP contribution in [0.1, 0.15) is 181 Å². The molecule has 12 aliphatic rings. The van der Waals surface area contributed by atoms with Crippen LogP contribution in [0.2, 0.25) is 0 Å². The third kappa shape index (κ3) is 10.8. The summed E-state index contributed by atoms with van der Waals surface area (Å²) in [6.07, 6.45) is 25.5. The van der Waals surface area contributed by atoms with E-state index >= 15 is 0 Å². The van der Waals surface area contributed by atoms with Crippen molar-refractivity contribution in [2.75, 3.05) is 6.54 Å². The average Bonchev–Trinajstić information content (AvgIpc) is 0.750. The summed E-state index contributed by atoms with van der Waals surface area (Å²) in [6, 6.07) is 56.7. The predicted molar refractivity (Wildman–Crippen MR) is 372 cm³/mol. The Labute approximate surface area is 542 Å². The lowest BCUT2D eigenvalue weighted by atomic mass is 9.47. The van der Waals surface area contributed by atoms with Crippen LogP contribution in [0, 0.1) is 67.1 Å². The van der Waals surface area contributed by atoms with Gasteiger partial charge in [-0.2, -0.15) is 0 Å². The SMILES string of the molecule is CCNC(=O)c1ccc2cc(-c3ccc(C)c(C45CC6CC(CC(C6)C4)C5)c3)ccc2c1.Cc1ccc(-c2ccc3cc(C(N)=O)ccc3c2)cc1C12CC3CC(CC(C3)C1)C2.O=C(O)c1ccc2cc(-c3cc(C45CC6CC(CC(C6)C4)C5)ccc3O)ccc2c1. The number of carbonyl (C=O) groups is 3. The minimum Gasteiger partial charge on any atom is -0.507 e. The van der Waals surface area contributed by atoms with E-state index in [0.29, 0.717) is 39.7 Å². The molecule has 0 atom stereocenters. The molecular formula is C85H88N2O5. The number of carboxylic acid groups (broad SMARTS) is 1. The molecule has 12 fully saturated rings. The minimum absolute atomic E-state index is 0.00257. The maximum absolute atomic E-state index is 12.2. The van der Waals surface area contributed by atoms with E-state index in [-0.39, 0.29) is 11.8 Å². The fourth-order valence-electron chi connectivity index (χ4n) is 22.1. The van der Waals surface area contributed by atoms with Crippen LogP contribution in [-0.2, 0) is 16.2 Å². The smallest absolute Gasteiger partial charge is 0.335 e. The van der Waals surface area contributed by atoms with Crippen molar-refractivity contribution in [3.63, 3.8) is 0 Å². The number of primary amides is 1. The highest BCUT2D eigenvalue weighted by Crippen LogP contribution is 2.64. The Morgan fingerprint density at radius 3 is 1.16 bits per heavy atom. The van der Waals surface area contributed by atoms with Crippen LogP contribution in [0.3, 0.4) is 0 Å². The van der Waals surface area contributed by atoms with Crippen LogP contribution in [0.5, 0.6) is 5.75 Å². The van der Waals surface area contributed by atoms with Gasteiger partial charge in [-0.15, -0.1) is 0 Å². The first-order valence-corrected chi connectivity index (χ1v) is 35.0. The lowest BCUT2D eigenvalue weighted by molar-refractivity contribution is -0.00557. The van der Waals surface area contributed by atoms with Gasteiger partial charge in [0.2, 0.25) is 5.91 Å². The largest absolute Gasteiger partial charge is 0.507 e. The molecule has 0 unspecified atom stereocenters. The Hall–Kier alpha value is -8.03. The molecule has 2 amide bonds. The van der Waals surface area contributed by atoms with Gasteiger partial charge in [-0.1, -0.05) is 97.1 Å². The van der Waals surface area contributed by atoms with E-state index in [9.17, 15) is 24.6 Å². The quantitative estimate of drug-likeness (QED) is 0.108. The second-order valence-corrected chi connectivity index (χ2v) is 31.2. The normalized spacial score (nSPS) is 29.0. The highest BCUT2D eigenvalue weighted by molar-refractivity contribution is 6.00. The zero-order chi connectivity index (χ0) is 62.8. The fourth-order valence-corrected chi connectivity index (χ4v) is 22.1. The van der Waals surface area contributed by atoms with E-state index in [1.54, 1.807) is 23.3 Å².